The minimum atomic E-state index is -1.21. The van der Waals surface area contributed by atoms with Crippen molar-refractivity contribution in [2.45, 2.75) is 6.54 Å². The second kappa shape index (κ2) is 6.36. The SMILES string of the molecule is O=C(O)c1cccc([N+](=O)[O-])c1NCc1ccc(Br)cc1. The van der Waals surface area contributed by atoms with Crippen LogP contribution in [0.25, 0.3) is 0 Å². The van der Waals surface area contributed by atoms with Crippen LogP contribution < -0.4 is 5.32 Å². The van der Waals surface area contributed by atoms with Crippen LogP contribution in [0.4, 0.5) is 11.4 Å². The number of rotatable bonds is 5. The quantitative estimate of drug-likeness (QED) is 0.633. The Morgan fingerprint density at radius 3 is 2.48 bits per heavy atom. The number of anilines is 1. The van der Waals surface area contributed by atoms with Gasteiger partial charge in [-0.2, -0.15) is 0 Å². The Hall–Kier alpha value is -2.41. The minimum absolute atomic E-state index is 0.0120. The molecule has 0 saturated heterocycles. The third-order valence-electron chi connectivity index (χ3n) is 2.85. The number of hydrogen-bond donors (Lipinski definition) is 2. The first-order chi connectivity index (χ1) is 9.99. The van der Waals surface area contributed by atoms with Gasteiger partial charge in [-0.3, -0.25) is 10.1 Å². The number of nitrogens with one attached hydrogen (secondary N) is 1. The van der Waals surface area contributed by atoms with Gasteiger partial charge in [0.2, 0.25) is 0 Å². The Balaban J connectivity index is 2.31. The van der Waals surface area contributed by atoms with E-state index in [1.54, 1.807) is 0 Å². The van der Waals surface area contributed by atoms with Crippen LogP contribution in [-0.4, -0.2) is 16.0 Å². The molecule has 0 aliphatic rings. The average molecular weight is 351 g/mol. The Labute approximate surface area is 128 Å². The Kier molecular flexibility index (Phi) is 4.54. The predicted octanol–water partition coefficient (Wildman–Crippen LogP) is 3.67. The lowest BCUT2D eigenvalue weighted by molar-refractivity contribution is -0.384. The maximum Gasteiger partial charge on any atom is 0.338 e. The number of carboxylic acid groups (broad SMARTS) is 1. The van der Waals surface area contributed by atoms with Crippen LogP contribution in [0, 0.1) is 10.1 Å². The standard InChI is InChI=1S/C14H11BrN2O4/c15-10-6-4-9(5-7-10)8-16-13-11(14(18)19)2-1-3-12(13)17(20)21/h1-7,16H,8H2,(H,18,19). The highest BCUT2D eigenvalue weighted by molar-refractivity contribution is 9.10. The smallest absolute Gasteiger partial charge is 0.338 e. The topological polar surface area (TPSA) is 92.5 Å². The Bertz CT molecular complexity index is 654. The summed E-state index contributed by atoms with van der Waals surface area (Å²) >= 11 is 3.32. The van der Waals surface area contributed by atoms with Crippen LogP contribution in [0.5, 0.6) is 0 Å². The molecule has 2 aromatic carbocycles. The molecule has 0 atom stereocenters. The maximum atomic E-state index is 11.2. The number of aromatic carboxylic acids is 1. The van der Waals surface area contributed by atoms with Crippen LogP contribution in [0.1, 0.15) is 15.9 Å². The van der Waals surface area contributed by atoms with E-state index in [0.29, 0.717) is 6.54 Å². The molecule has 0 aliphatic heterocycles. The zero-order valence-corrected chi connectivity index (χ0v) is 12.3. The summed E-state index contributed by atoms with van der Waals surface area (Å²) in [6.07, 6.45) is 0. The molecule has 2 aromatic rings. The van der Waals surface area contributed by atoms with Crippen molar-refractivity contribution in [3.05, 3.63) is 68.2 Å². The van der Waals surface area contributed by atoms with Crippen LogP contribution in [-0.2, 0) is 6.54 Å². The molecule has 108 valence electrons. The molecule has 0 fully saturated rings. The average Bonchev–Trinajstić information content (AvgIpc) is 2.46. The second-order valence-electron chi connectivity index (χ2n) is 4.24. The summed E-state index contributed by atoms with van der Waals surface area (Å²) in [6, 6.07) is 11.3. The summed E-state index contributed by atoms with van der Waals surface area (Å²) in [7, 11) is 0. The number of para-hydroxylation sites is 1. The Morgan fingerprint density at radius 1 is 1.24 bits per heavy atom. The predicted molar refractivity (Wildman–Crippen MR) is 81.5 cm³/mol. The first-order valence-corrected chi connectivity index (χ1v) is 6.77. The van der Waals surface area contributed by atoms with E-state index in [-0.39, 0.29) is 16.9 Å². The lowest BCUT2D eigenvalue weighted by Crippen LogP contribution is -2.09. The molecule has 0 amide bonds. The molecule has 7 heteroatoms. The highest BCUT2D eigenvalue weighted by atomic mass is 79.9. The largest absolute Gasteiger partial charge is 0.478 e. The number of carboxylic acids is 1. The molecule has 6 nitrogen and oxygen atoms in total. The van der Waals surface area contributed by atoms with Crippen LogP contribution >= 0.6 is 15.9 Å². The fourth-order valence-electron chi connectivity index (χ4n) is 1.85. The molecule has 0 saturated carbocycles. The molecule has 0 unspecified atom stereocenters. The minimum Gasteiger partial charge on any atom is -0.478 e. The summed E-state index contributed by atoms with van der Waals surface area (Å²) in [5.41, 5.74) is 0.513. The van der Waals surface area contributed by atoms with E-state index in [4.69, 9.17) is 5.11 Å². The second-order valence-corrected chi connectivity index (χ2v) is 5.16. The summed E-state index contributed by atoms with van der Waals surface area (Å²) in [5, 5.41) is 23.0. The van der Waals surface area contributed by atoms with E-state index >= 15 is 0 Å². The zero-order chi connectivity index (χ0) is 15.4. The lowest BCUT2D eigenvalue weighted by atomic mass is 10.1. The van der Waals surface area contributed by atoms with Gasteiger partial charge < -0.3 is 10.4 Å². The van der Waals surface area contributed by atoms with Crippen molar-refractivity contribution in [1.82, 2.24) is 0 Å². The molecular formula is C14H11BrN2O4. The van der Waals surface area contributed by atoms with Gasteiger partial charge in [0.15, 0.2) is 0 Å². The Morgan fingerprint density at radius 2 is 1.90 bits per heavy atom. The molecular weight excluding hydrogens is 340 g/mol. The monoisotopic (exact) mass is 350 g/mol. The van der Waals surface area contributed by atoms with Crippen molar-refractivity contribution in [2.24, 2.45) is 0 Å². The van der Waals surface area contributed by atoms with Crippen LogP contribution in [0.2, 0.25) is 0 Å². The molecule has 0 bridgehead atoms. The molecule has 0 heterocycles. The molecule has 0 radical (unpaired) electrons. The first kappa shape index (κ1) is 15.0. The van der Waals surface area contributed by atoms with E-state index in [0.717, 1.165) is 10.0 Å². The third-order valence-corrected chi connectivity index (χ3v) is 3.38. The van der Waals surface area contributed by atoms with Crippen molar-refractivity contribution in [3.8, 4) is 0 Å². The summed E-state index contributed by atoms with van der Waals surface area (Å²) < 4.78 is 0.920. The normalized spacial score (nSPS) is 10.1. The highest BCUT2D eigenvalue weighted by Crippen LogP contribution is 2.29. The fourth-order valence-corrected chi connectivity index (χ4v) is 2.11. The molecule has 0 aromatic heterocycles. The van der Waals surface area contributed by atoms with Gasteiger partial charge in [0.1, 0.15) is 5.69 Å². The summed E-state index contributed by atoms with van der Waals surface area (Å²) in [6.45, 7) is 0.290. The van der Waals surface area contributed by atoms with Crippen LogP contribution in [0.3, 0.4) is 0 Å². The van der Waals surface area contributed by atoms with E-state index in [1.165, 1.54) is 18.2 Å². The molecule has 0 aliphatic carbocycles. The van der Waals surface area contributed by atoms with Gasteiger partial charge in [-0.25, -0.2) is 4.79 Å². The van der Waals surface area contributed by atoms with Crippen molar-refractivity contribution in [3.63, 3.8) is 0 Å². The number of hydrogen-bond acceptors (Lipinski definition) is 4. The molecule has 21 heavy (non-hydrogen) atoms. The number of benzene rings is 2. The van der Waals surface area contributed by atoms with E-state index in [2.05, 4.69) is 21.2 Å². The number of nitro benzene ring substituents is 1. The van der Waals surface area contributed by atoms with Crippen molar-refractivity contribution in [2.75, 3.05) is 5.32 Å². The van der Waals surface area contributed by atoms with Gasteiger partial charge in [-0.05, 0) is 23.8 Å². The summed E-state index contributed by atoms with van der Waals surface area (Å²) in [5.74, 6) is -1.21. The van der Waals surface area contributed by atoms with Gasteiger partial charge >= 0.3 is 5.97 Å². The zero-order valence-electron chi connectivity index (χ0n) is 10.7. The number of halogens is 1. The van der Waals surface area contributed by atoms with Crippen LogP contribution in [0.15, 0.2) is 46.9 Å². The summed E-state index contributed by atoms with van der Waals surface area (Å²) in [4.78, 5) is 21.6. The van der Waals surface area contributed by atoms with Gasteiger partial charge in [0.25, 0.3) is 5.69 Å². The van der Waals surface area contributed by atoms with E-state index in [9.17, 15) is 14.9 Å². The number of carbonyl (C=O) groups is 1. The van der Waals surface area contributed by atoms with Gasteiger partial charge in [0.05, 0.1) is 10.5 Å². The third kappa shape index (κ3) is 3.57. The van der Waals surface area contributed by atoms with Crippen molar-refractivity contribution >= 4 is 33.3 Å². The van der Waals surface area contributed by atoms with Crippen molar-refractivity contribution < 1.29 is 14.8 Å². The lowest BCUT2D eigenvalue weighted by Gasteiger charge is -2.10. The maximum absolute atomic E-state index is 11.2. The van der Waals surface area contributed by atoms with Crippen molar-refractivity contribution in [1.29, 1.82) is 0 Å². The number of nitro groups is 1. The van der Waals surface area contributed by atoms with E-state index in [1.807, 2.05) is 24.3 Å². The molecule has 2 N–H and O–H groups in total. The van der Waals surface area contributed by atoms with Gasteiger partial charge in [0, 0.05) is 17.1 Å². The van der Waals surface area contributed by atoms with E-state index < -0.39 is 10.9 Å². The van der Waals surface area contributed by atoms with Gasteiger partial charge in [-0.15, -0.1) is 0 Å². The number of nitrogens with zero attached hydrogens (tertiary/aromatic N) is 1. The molecule has 0 spiro atoms. The first-order valence-electron chi connectivity index (χ1n) is 5.98. The molecule has 2 rings (SSSR count). The highest BCUT2D eigenvalue weighted by Gasteiger charge is 2.20. The van der Waals surface area contributed by atoms with Gasteiger partial charge in [-0.1, -0.05) is 34.1 Å². The fraction of sp³-hybridized carbons (Fsp3) is 0.0714.